The lowest BCUT2D eigenvalue weighted by atomic mass is 10.3. The van der Waals surface area contributed by atoms with Gasteiger partial charge in [-0.2, -0.15) is 0 Å². The van der Waals surface area contributed by atoms with E-state index in [4.69, 9.17) is 11.6 Å². The van der Waals surface area contributed by atoms with Crippen LogP contribution in [0.4, 0.5) is 14.5 Å². The predicted molar refractivity (Wildman–Crippen MR) is 76.3 cm³/mol. The molecule has 0 saturated carbocycles. The van der Waals surface area contributed by atoms with Crippen molar-refractivity contribution in [3.63, 3.8) is 0 Å². The smallest absolute Gasteiger partial charge is 0.262 e. The van der Waals surface area contributed by atoms with E-state index in [2.05, 4.69) is 15.9 Å². The monoisotopic (exact) mass is 381 g/mol. The van der Waals surface area contributed by atoms with E-state index in [1.165, 1.54) is 18.2 Å². The summed E-state index contributed by atoms with van der Waals surface area (Å²) in [5, 5.41) is -0.360. The minimum atomic E-state index is -4.02. The molecule has 20 heavy (non-hydrogen) atoms. The number of halogens is 4. The van der Waals surface area contributed by atoms with Gasteiger partial charge in [0.15, 0.2) is 5.82 Å². The Kier molecular flexibility index (Phi) is 4.31. The Bertz CT molecular complexity index is 745. The van der Waals surface area contributed by atoms with Gasteiger partial charge in [-0.1, -0.05) is 33.6 Å². The Morgan fingerprint density at radius 1 is 1.15 bits per heavy atom. The highest BCUT2D eigenvalue weighted by Crippen LogP contribution is 2.29. The molecule has 0 atom stereocenters. The van der Waals surface area contributed by atoms with Crippen LogP contribution in [0.1, 0.15) is 0 Å². The summed E-state index contributed by atoms with van der Waals surface area (Å²) in [6.07, 6.45) is 0. The van der Waals surface area contributed by atoms with Crippen LogP contribution in [0.5, 0.6) is 0 Å². The summed E-state index contributed by atoms with van der Waals surface area (Å²) in [5.74, 6) is -1.98. The van der Waals surface area contributed by atoms with Gasteiger partial charge in [0.1, 0.15) is 11.5 Å². The van der Waals surface area contributed by atoms with Crippen LogP contribution in [-0.2, 0) is 10.0 Å². The molecule has 0 aromatic heterocycles. The Balaban J connectivity index is 2.44. The molecule has 0 saturated heterocycles. The highest BCUT2D eigenvalue weighted by atomic mass is 79.9. The number of rotatable bonds is 3. The van der Waals surface area contributed by atoms with Gasteiger partial charge in [-0.3, -0.25) is 4.72 Å². The molecule has 106 valence electrons. The molecule has 0 unspecified atom stereocenters. The van der Waals surface area contributed by atoms with Crippen molar-refractivity contribution in [1.82, 2.24) is 0 Å². The van der Waals surface area contributed by atoms with E-state index in [9.17, 15) is 17.2 Å². The Hall–Kier alpha value is -1.18. The van der Waals surface area contributed by atoms with Crippen molar-refractivity contribution in [2.75, 3.05) is 4.72 Å². The number of sulfonamides is 1. The van der Waals surface area contributed by atoms with Crippen LogP contribution in [0, 0.1) is 11.6 Å². The lowest BCUT2D eigenvalue weighted by Gasteiger charge is -2.11. The zero-order valence-electron chi connectivity index (χ0n) is 9.70. The Morgan fingerprint density at radius 3 is 2.45 bits per heavy atom. The minimum absolute atomic E-state index is 0.0772. The molecular weight excluding hydrogens is 376 g/mol. The number of anilines is 1. The van der Waals surface area contributed by atoms with E-state index in [-0.39, 0.29) is 9.92 Å². The van der Waals surface area contributed by atoms with Crippen molar-refractivity contribution in [2.24, 2.45) is 0 Å². The van der Waals surface area contributed by atoms with Gasteiger partial charge in [-0.05, 0) is 24.3 Å². The van der Waals surface area contributed by atoms with Crippen molar-refractivity contribution < 1.29 is 17.2 Å². The zero-order valence-corrected chi connectivity index (χ0v) is 12.9. The summed E-state index contributed by atoms with van der Waals surface area (Å²) in [6.45, 7) is 0. The number of hydrogen-bond acceptors (Lipinski definition) is 2. The SMILES string of the molecule is O=S(=O)(Nc1c(F)cc(F)cc1Cl)c1cccc(Br)c1. The van der Waals surface area contributed by atoms with Crippen molar-refractivity contribution in [3.8, 4) is 0 Å². The van der Waals surface area contributed by atoms with Gasteiger partial charge in [-0.15, -0.1) is 0 Å². The summed E-state index contributed by atoms with van der Waals surface area (Å²) in [5.41, 5.74) is -0.493. The highest BCUT2D eigenvalue weighted by Gasteiger charge is 2.19. The third-order valence-corrected chi connectivity index (χ3v) is 4.49. The summed E-state index contributed by atoms with van der Waals surface area (Å²) < 4.78 is 53.2. The second-order valence-electron chi connectivity index (χ2n) is 3.81. The van der Waals surface area contributed by atoms with Crippen LogP contribution >= 0.6 is 27.5 Å². The summed E-state index contributed by atoms with van der Waals surface area (Å²) in [7, 11) is -4.02. The second-order valence-corrected chi connectivity index (χ2v) is 6.81. The van der Waals surface area contributed by atoms with E-state index in [0.717, 1.165) is 6.07 Å². The van der Waals surface area contributed by atoms with Gasteiger partial charge in [0.25, 0.3) is 10.0 Å². The average Bonchev–Trinajstić information content (AvgIpc) is 2.34. The molecule has 3 nitrogen and oxygen atoms in total. The van der Waals surface area contributed by atoms with E-state index < -0.39 is 27.3 Å². The van der Waals surface area contributed by atoms with Crippen molar-refractivity contribution >= 4 is 43.2 Å². The highest BCUT2D eigenvalue weighted by molar-refractivity contribution is 9.10. The van der Waals surface area contributed by atoms with Crippen LogP contribution < -0.4 is 4.72 Å². The maximum Gasteiger partial charge on any atom is 0.262 e. The lowest BCUT2D eigenvalue weighted by molar-refractivity contribution is 0.583. The fourth-order valence-corrected chi connectivity index (χ4v) is 3.45. The first-order valence-corrected chi connectivity index (χ1v) is 7.88. The number of nitrogens with one attached hydrogen (secondary N) is 1. The number of benzene rings is 2. The van der Waals surface area contributed by atoms with Crippen LogP contribution in [0.3, 0.4) is 0 Å². The van der Waals surface area contributed by atoms with Crippen LogP contribution in [0.15, 0.2) is 45.8 Å². The predicted octanol–water partition coefficient (Wildman–Crippen LogP) is 4.18. The van der Waals surface area contributed by atoms with Gasteiger partial charge < -0.3 is 0 Å². The first kappa shape index (κ1) is 15.2. The molecule has 0 aliphatic carbocycles. The molecule has 1 N–H and O–H groups in total. The molecule has 0 bridgehead atoms. The summed E-state index contributed by atoms with van der Waals surface area (Å²) in [4.78, 5) is -0.0772. The van der Waals surface area contributed by atoms with Gasteiger partial charge in [0.2, 0.25) is 0 Å². The normalized spacial score (nSPS) is 11.4. The standard InChI is InChI=1S/C12H7BrClF2NO2S/c13-7-2-1-3-9(4-7)20(18,19)17-12-10(14)5-8(15)6-11(12)16/h1-6,17H. The Labute approximate surface area is 127 Å². The number of hydrogen-bond donors (Lipinski definition) is 1. The zero-order chi connectivity index (χ0) is 14.9. The third-order valence-electron chi connectivity index (χ3n) is 2.35. The molecule has 8 heteroatoms. The molecule has 2 rings (SSSR count). The quantitative estimate of drug-likeness (QED) is 0.865. The van der Waals surface area contributed by atoms with E-state index in [1.54, 1.807) is 6.07 Å². The summed E-state index contributed by atoms with van der Waals surface area (Å²) in [6, 6.07) is 7.21. The fourth-order valence-electron chi connectivity index (χ4n) is 1.47. The molecule has 0 heterocycles. The van der Waals surface area contributed by atoms with Crippen LogP contribution in [0.25, 0.3) is 0 Å². The van der Waals surface area contributed by atoms with Gasteiger partial charge in [0, 0.05) is 10.5 Å². The summed E-state index contributed by atoms with van der Waals surface area (Å²) >= 11 is 8.78. The Morgan fingerprint density at radius 2 is 1.85 bits per heavy atom. The van der Waals surface area contributed by atoms with Gasteiger partial charge >= 0.3 is 0 Å². The average molecular weight is 383 g/mol. The fraction of sp³-hybridized carbons (Fsp3) is 0. The van der Waals surface area contributed by atoms with E-state index in [0.29, 0.717) is 10.5 Å². The molecule has 0 radical (unpaired) electrons. The maximum atomic E-state index is 13.6. The topological polar surface area (TPSA) is 46.2 Å². The maximum absolute atomic E-state index is 13.6. The van der Waals surface area contributed by atoms with E-state index >= 15 is 0 Å². The second kappa shape index (κ2) is 5.67. The van der Waals surface area contributed by atoms with Gasteiger partial charge in [0.05, 0.1) is 9.92 Å². The van der Waals surface area contributed by atoms with Crippen LogP contribution in [-0.4, -0.2) is 8.42 Å². The molecule has 0 aliphatic heterocycles. The van der Waals surface area contributed by atoms with E-state index in [1.807, 2.05) is 4.72 Å². The molecular formula is C12H7BrClF2NO2S. The third kappa shape index (κ3) is 3.28. The van der Waals surface area contributed by atoms with Gasteiger partial charge in [-0.25, -0.2) is 17.2 Å². The van der Waals surface area contributed by atoms with Crippen molar-refractivity contribution in [3.05, 3.63) is 57.5 Å². The van der Waals surface area contributed by atoms with Crippen LogP contribution in [0.2, 0.25) is 5.02 Å². The molecule has 0 spiro atoms. The van der Waals surface area contributed by atoms with Crippen molar-refractivity contribution in [2.45, 2.75) is 4.90 Å². The first-order chi connectivity index (χ1) is 9.29. The molecule has 2 aromatic carbocycles. The largest absolute Gasteiger partial charge is 0.275 e. The first-order valence-electron chi connectivity index (χ1n) is 5.22. The minimum Gasteiger partial charge on any atom is -0.275 e. The van der Waals surface area contributed by atoms with Crippen molar-refractivity contribution in [1.29, 1.82) is 0 Å². The molecule has 2 aromatic rings. The molecule has 0 amide bonds. The molecule has 0 aliphatic rings. The lowest BCUT2D eigenvalue weighted by Crippen LogP contribution is -2.14. The molecule has 0 fully saturated rings.